The first-order valence-corrected chi connectivity index (χ1v) is 20.3. The molecule has 0 bridgehead atoms. The number of furan rings is 1. The highest BCUT2D eigenvalue weighted by Gasteiger charge is 2.23. The van der Waals surface area contributed by atoms with Crippen LogP contribution in [0.4, 0.5) is 0 Å². The Hall–Kier alpha value is -8.15. The normalized spacial score (nSPS) is 12.0. The van der Waals surface area contributed by atoms with Gasteiger partial charge in [-0.2, -0.15) is 9.97 Å². The van der Waals surface area contributed by atoms with E-state index in [9.17, 15) is 0 Å². The molecule has 0 saturated carbocycles. The Labute approximate surface area is 343 Å². The van der Waals surface area contributed by atoms with Gasteiger partial charge in [-0.15, -0.1) is 0 Å². The van der Waals surface area contributed by atoms with Gasteiger partial charge in [0.1, 0.15) is 11.2 Å². The van der Waals surface area contributed by atoms with Crippen LogP contribution in [0.25, 0.3) is 127 Å². The molecule has 13 aromatic rings. The molecular formula is C55H32N4O. The second kappa shape index (κ2) is 12.7. The first-order chi connectivity index (χ1) is 29.7. The maximum Gasteiger partial charge on any atom is 0.238 e. The van der Waals surface area contributed by atoms with E-state index < -0.39 is 0 Å². The van der Waals surface area contributed by atoms with Crippen LogP contribution < -0.4 is 0 Å². The van der Waals surface area contributed by atoms with Gasteiger partial charge in [0.25, 0.3) is 0 Å². The number of benzene rings is 10. The lowest BCUT2D eigenvalue weighted by atomic mass is 9.94. The van der Waals surface area contributed by atoms with Crippen LogP contribution >= 0.6 is 0 Å². The van der Waals surface area contributed by atoms with Crippen LogP contribution in [0.1, 0.15) is 0 Å². The van der Waals surface area contributed by atoms with Crippen molar-refractivity contribution in [3.63, 3.8) is 0 Å². The van der Waals surface area contributed by atoms with E-state index in [0.717, 1.165) is 87.5 Å². The highest BCUT2D eigenvalue weighted by atomic mass is 16.3. The third-order valence-corrected chi connectivity index (χ3v) is 12.2. The summed E-state index contributed by atoms with van der Waals surface area (Å²) >= 11 is 0. The molecule has 13 rings (SSSR count). The molecule has 60 heavy (non-hydrogen) atoms. The summed E-state index contributed by atoms with van der Waals surface area (Å²) in [6, 6.07) is 68.6. The zero-order valence-corrected chi connectivity index (χ0v) is 32.2. The van der Waals surface area contributed by atoms with Gasteiger partial charge in [0.05, 0.1) is 16.6 Å². The minimum atomic E-state index is 0.535. The SMILES string of the molecule is c1ccc(-c2cccc3ccccc23)c(-c2nc(-c3cccc4c3oc3cc5ccccc5cc34)nc(-n3c4cc5ccccc5cc4c4ccc5ccccc5c43)n2)c1. The maximum absolute atomic E-state index is 6.80. The molecule has 0 aliphatic carbocycles. The lowest BCUT2D eigenvalue weighted by Crippen LogP contribution is -2.07. The molecule has 0 N–H and O–H groups in total. The fourth-order valence-electron chi connectivity index (χ4n) is 9.41. The van der Waals surface area contributed by atoms with Gasteiger partial charge < -0.3 is 4.42 Å². The van der Waals surface area contributed by atoms with Crippen molar-refractivity contribution in [1.82, 2.24) is 19.5 Å². The van der Waals surface area contributed by atoms with Crippen LogP contribution in [-0.2, 0) is 0 Å². The van der Waals surface area contributed by atoms with E-state index in [1.165, 1.54) is 21.5 Å². The Morgan fingerprint density at radius 3 is 1.65 bits per heavy atom. The number of aromatic nitrogens is 4. The van der Waals surface area contributed by atoms with Gasteiger partial charge in [0, 0.05) is 32.5 Å². The van der Waals surface area contributed by atoms with Crippen molar-refractivity contribution < 1.29 is 4.42 Å². The second-order valence-electron chi connectivity index (χ2n) is 15.6. The molecule has 0 unspecified atom stereocenters. The van der Waals surface area contributed by atoms with Crippen molar-refractivity contribution in [3.8, 4) is 39.9 Å². The molecule has 0 saturated heterocycles. The number of hydrogen-bond donors (Lipinski definition) is 0. The first-order valence-electron chi connectivity index (χ1n) is 20.3. The Morgan fingerprint density at radius 1 is 0.333 bits per heavy atom. The fraction of sp³-hybridized carbons (Fsp3) is 0. The van der Waals surface area contributed by atoms with Crippen molar-refractivity contribution in [2.24, 2.45) is 0 Å². The van der Waals surface area contributed by atoms with Crippen LogP contribution in [0.2, 0.25) is 0 Å². The first kappa shape index (κ1) is 32.9. The maximum atomic E-state index is 6.80. The smallest absolute Gasteiger partial charge is 0.238 e. The summed E-state index contributed by atoms with van der Waals surface area (Å²) in [5.41, 5.74) is 7.53. The summed E-state index contributed by atoms with van der Waals surface area (Å²) in [5.74, 6) is 1.65. The van der Waals surface area contributed by atoms with E-state index in [-0.39, 0.29) is 0 Å². The van der Waals surface area contributed by atoms with Crippen molar-refractivity contribution in [1.29, 1.82) is 0 Å². The number of hydrogen-bond acceptors (Lipinski definition) is 4. The Kier molecular flexibility index (Phi) is 6.95. The van der Waals surface area contributed by atoms with Gasteiger partial charge in [-0.3, -0.25) is 4.57 Å². The highest BCUT2D eigenvalue weighted by molar-refractivity contribution is 6.21. The Balaban J connectivity index is 1.16. The number of nitrogens with zero attached hydrogens (tertiary/aromatic N) is 4. The van der Waals surface area contributed by atoms with Crippen molar-refractivity contribution >= 4 is 86.8 Å². The van der Waals surface area contributed by atoms with Crippen molar-refractivity contribution in [2.45, 2.75) is 0 Å². The average molecular weight is 765 g/mol. The van der Waals surface area contributed by atoms with E-state index in [4.69, 9.17) is 19.4 Å². The lowest BCUT2D eigenvalue weighted by molar-refractivity contribution is 0.670. The van der Waals surface area contributed by atoms with Gasteiger partial charge in [-0.05, 0) is 79.2 Å². The molecule has 0 aliphatic rings. The van der Waals surface area contributed by atoms with Gasteiger partial charge in [0.2, 0.25) is 5.95 Å². The molecule has 0 aliphatic heterocycles. The molecule has 5 heteroatoms. The van der Waals surface area contributed by atoms with Crippen LogP contribution in [0, 0.1) is 0 Å². The molecule has 0 spiro atoms. The summed E-state index contributed by atoms with van der Waals surface area (Å²) in [6.07, 6.45) is 0. The summed E-state index contributed by atoms with van der Waals surface area (Å²) in [6.45, 7) is 0. The molecule has 10 aromatic carbocycles. The molecule has 3 heterocycles. The summed E-state index contributed by atoms with van der Waals surface area (Å²) < 4.78 is 9.05. The minimum Gasteiger partial charge on any atom is -0.455 e. The Morgan fingerprint density at radius 2 is 0.867 bits per heavy atom. The second-order valence-corrected chi connectivity index (χ2v) is 15.6. The monoisotopic (exact) mass is 764 g/mol. The van der Waals surface area contributed by atoms with E-state index in [1.54, 1.807) is 0 Å². The summed E-state index contributed by atoms with van der Waals surface area (Å²) in [7, 11) is 0. The van der Waals surface area contributed by atoms with Crippen LogP contribution in [0.3, 0.4) is 0 Å². The predicted molar refractivity (Wildman–Crippen MR) is 248 cm³/mol. The van der Waals surface area contributed by atoms with Gasteiger partial charge in [-0.1, -0.05) is 164 Å². The van der Waals surface area contributed by atoms with Crippen LogP contribution in [-0.4, -0.2) is 19.5 Å². The van der Waals surface area contributed by atoms with Crippen molar-refractivity contribution in [2.75, 3.05) is 0 Å². The third kappa shape index (κ3) is 4.90. The number of rotatable bonds is 4. The summed E-state index contributed by atoms with van der Waals surface area (Å²) in [5, 5.41) is 13.6. The quantitative estimate of drug-likeness (QED) is 0.179. The Bertz CT molecular complexity index is 3910. The van der Waals surface area contributed by atoms with Crippen LogP contribution in [0.5, 0.6) is 0 Å². The number of fused-ring (bicyclic) bond motifs is 11. The van der Waals surface area contributed by atoms with Crippen LogP contribution in [0.15, 0.2) is 199 Å². The molecular weight excluding hydrogens is 733 g/mol. The minimum absolute atomic E-state index is 0.535. The van der Waals surface area contributed by atoms with Gasteiger partial charge >= 0.3 is 0 Å². The topological polar surface area (TPSA) is 56.7 Å². The highest BCUT2D eigenvalue weighted by Crippen LogP contribution is 2.42. The van der Waals surface area contributed by atoms with E-state index >= 15 is 0 Å². The summed E-state index contributed by atoms with van der Waals surface area (Å²) in [4.78, 5) is 16.4. The van der Waals surface area contributed by atoms with Gasteiger partial charge in [-0.25, -0.2) is 4.98 Å². The average Bonchev–Trinajstić information content (AvgIpc) is 3.84. The van der Waals surface area contributed by atoms with Gasteiger partial charge in [0.15, 0.2) is 11.6 Å². The van der Waals surface area contributed by atoms with E-state index in [1.807, 2.05) is 0 Å². The molecule has 5 nitrogen and oxygen atoms in total. The molecule has 0 atom stereocenters. The third-order valence-electron chi connectivity index (χ3n) is 12.2. The number of para-hydroxylation sites is 1. The van der Waals surface area contributed by atoms with E-state index in [0.29, 0.717) is 17.6 Å². The fourth-order valence-corrected chi connectivity index (χ4v) is 9.41. The largest absolute Gasteiger partial charge is 0.455 e. The molecule has 278 valence electrons. The van der Waals surface area contributed by atoms with E-state index in [2.05, 4.69) is 199 Å². The lowest BCUT2D eigenvalue weighted by Gasteiger charge is -2.15. The zero-order valence-electron chi connectivity index (χ0n) is 32.2. The molecule has 0 radical (unpaired) electrons. The molecule has 3 aromatic heterocycles. The predicted octanol–water partition coefficient (Wildman–Crippen LogP) is 14.5. The van der Waals surface area contributed by atoms with Crippen molar-refractivity contribution in [3.05, 3.63) is 194 Å². The standard InChI is InChI=1S/C55H32N4O/c1-3-17-37-31-49-47(29-35(37)15-1)43-28-27-34-14-6-8-21-40(34)51(43)59(49)55-57-53(45-23-10-9-22-42(45)41-24-11-19-33-13-5-7-20-39(33)41)56-54(58-55)46-26-12-25-44-48-30-36-16-2-4-18-38(36)32-50(48)60-52(44)46/h1-32H. The molecule has 0 amide bonds. The molecule has 0 fully saturated rings. The zero-order chi connectivity index (χ0) is 39.3.